The predicted molar refractivity (Wildman–Crippen MR) is 111 cm³/mol. The van der Waals surface area contributed by atoms with Crippen molar-refractivity contribution in [2.24, 2.45) is 0 Å². The molecule has 0 heterocycles. The van der Waals surface area contributed by atoms with Crippen molar-refractivity contribution in [3.05, 3.63) is 59.9 Å². The highest BCUT2D eigenvalue weighted by Crippen LogP contribution is 2.17. The number of nitrogens with one attached hydrogen (secondary N) is 2. The highest BCUT2D eigenvalue weighted by molar-refractivity contribution is 5.95. The van der Waals surface area contributed by atoms with Gasteiger partial charge < -0.3 is 15.5 Å². The van der Waals surface area contributed by atoms with Gasteiger partial charge in [0.15, 0.2) is 0 Å². The van der Waals surface area contributed by atoms with Crippen LogP contribution in [0.5, 0.6) is 0 Å². The topological polar surface area (TPSA) is 109 Å². The van der Waals surface area contributed by atoms with E-state index in [1.807, 2.05) is 12.1 Å². The predicted octanol–water partition coefficient (Wildman–Crippen LogP) is 2.95. The number of rotatable bonds is 10. The monoisotopic (exact) mass is 407 g/mol. The third-order valence-electron chi connectivity index (χ3n) is 4.27. The van der Waals surface area contributed by atoms with E-state index in [1.165, 1.54) is 17.0 Å². The van der Waals surface area contributed by atoms with Crippen LogP contribution in [0.1, 0.15) is 24.8 Å². The maximum Gasteiger partial charge on any atom is 0.227 e. The van der Waals surface area contributed by atoms with E-state index < -0.39 is 5.82 Å². The maximum absolute atomic E-state index is 13.5. The second kappa shape index (κ2) is 11.8. The smallest absolute Gasteiger partial charge is 0.227 e. The number of carbonyl (C=O) groups is 2. The van der Waals surface area contributed by atoms with E-state index in [0.29, 0.717) is 17.9 Å². The van der Waals surface area contributed by atoms with Crippen LogP contribution in [0.2, 0.25) is 0 Å². The average molecular weight is 407 g/mol. The lowest BCUT2D eigenvalue weighted by Gasteiger charge is -2.21. The zero-order valence-corrected chi connectivity index (χ0v) is 16.4. The van der Waals surface area contributed by atoms with E-state index in [1.54, 1.807) is 36.4 Å². The highest BCUT2D eigenvalue weighted by Gasteiger charge is 2.16. The Hall–Kier alpha value is -3.91. The quantitative estimate of drug-likeness (QED) is 0.589. The van der Waals surface area contributed by atoms with Crippen molar-refractivity contribution in [1.82, 2.24) is 5.32 Å². The number of anilines is 2. The lowest BCUT2D eigenvalue weighted by molar-refractivity contribution is -0.125. The summed E-state index contributed by atoms with van der Waals surface area (Å²) in [6.07, 6.45) is 0.226. The molecule has 0 radical (unpaired) electrons. The summed E-state index contributed by atoms with van der Waals surface area (Å²) in [5, 5.41) is 23.4. The Bertz CT molecular complexity index is 950. The minimum atomic E-state index is -0.607. The molecule has 0 aromatic heterocycles. The van der Waals surface area contributed by atoms with Gasteiger partial charge in [0.05, 0.1) is 18.2 Å². The molecule has 0 spiro atoms. The van der Waals surface area contributed by atoms with Crippen LogP contribution in [-0.4, -0.2) is 31.4 Å². The molecule has 0 bridgehead atoms. The van der Waals surface area contributed by atoms with Gasteiger partial charge in [-0.2, -0.15) is 10.5 Å². The second-order valence-electron chi connectivity index (χ2n) is 6.34. The Balaban J connectivity index is 1.78. The van der Waals surface area contributed by atoms with Crippen LogP contribution < -0.4 is 15.5 Å². The molecule has 30 heavy (non-hydrogen) atoms. The second-order valence-corrected chi connectivity index (χ2v) is 6.34. The van der Waals surface area contributed by atoms with E-state index in [9.17, 15) is 14.0 Å². The van der Waals surface area contributed by atoms with Crippen LogP contribution in [0, 0.1) is 28.5 Å². The van der Waals surface area contributed by atoms with Gasteiger partial charge in [-0.1, -0.05) is 24.3 Å². The third kappa shape index (κ3) is 6.61. The molecule has 0 aliphatic rings. The molecule has 0 aliphatic carbocycles. The molecule has 2 aromatic carbocycles. The van der Waals surface area contributed by atoms with Crippen LogP contribution in [0.4, 0.5) is 15.8 Å². The molecular weight excluding hydrogens is 385 g/mol. The van der Waals surface area contributed by atoms with Crippen LogP contribution >= 0.6 is 0 Å². The fraction of sp³-hybridized carbons (Fsp3) is 0.273. The number of benzene rings is 2. The Morgan fingerprint density at radius 1 is 1.00 bits per heavy atom. The van der Waals surface area contributed by atoms with Gasteiger partial charge in [0.25, 0.3) is 0 Å². The number of hydrogen-bond acceptors (Lipinski definition) is 5. The first-order valence-corrected chi connectivity index (χ1v) is 9.48. The molecule has 2 aromatic rings. The standard InChI is InChI=1S/C22H22FN5O2/c23-19-8-4-9-20(18(19)16-25)26-13-14-27-21(29)10-11-22(30)28(15-5-12-24)17-6-2-1-3-7-17/h1-4,6-9,26H,5,10-11,13-15H2,(H,27,29). The molecule has 0 saturated carbocycles. The molecule has 0 saturated heterocycles. The number of para-hydroxylation sites is 1. The van der Waals surface area contributed by atoms with Gasteiger partial charge in [-0.05, 0) is 24.3 Å². The van der Waals surface area contributed by atoms with Gasteiger partial charge in [0.1, 0.15) is 17.4 Å². The van der Waals surface area contributed by atoms with Crippen LogP contribution in [0.25, 0.3) is 0 Å². The molecule has 2 amide bonds. The number of carbonyl (C=O) groups excluding carboxylic acids is 2. The van der Waals surface area contributed by atoms with Gasteiger partial charge >= 0.3 is 0 Å². The largest absolute Gasteiger partial charge is 0.382 e. The highest BCUT2D eigenvalue weighted by atomic mass is 19.1. The lowest BCUT2D eigenvalue weighted by Crippen LogP contribution is -2.34. The van der Waals surface area contributed by atoms with E-state index in [2.05, 4.69) is 10.6 Å². The van der Waals surface area contributed by atoms with Gasteiger partial charge in [0, 0.05) is 38.2 Å². The SMILES string of the molecule is N#CCCN(C(=O)CCC(=O)NCCNc1cccc(F)c1C#N)c1ccccc1. The van der Waals surface area contributed by atoms with Crippen molar-refractivity contribution in [2.45, 2.75) is 19.3 Å². The molecule has 8 heteroatoms. The molecule has 0 aliphatic heterocycles. The number of amides is 2. The van der Waals surface area contributed by atoms with E-state index >= 15 is 0 Å². The molecular formula is C22H22FN5O2. The minimum absolute atomic E-state index is 0.0120. The minimum Gasteiger partial charge on any atom is -0.382 e. The molecule has 2 N–H and O–H groups in total. The normalized spacial score (nSPS) is 9.83. The zero-order valence-electron chi connectivity index (χ0n) is 16.4. The van der Waals surface area contributed by atoms with E-state index in [0.717, 1.165) is 0 Å². The van der Waals surface area contributed by atoms with E-state index in [-0.39, 0.29) is 49.7 Å². The summed E-state index contributed by atoms with van der Waals surface area (Å²) in [7, 11) is 0. The van der Waals surface area contributed by atoms with E-state index in [4.69, 9.17) is 10.5 Å². The Morgan fingerprint density at radius 2 is 1.77 bits per heavy atom. The van der Waals surface area contributed by atoms with Crippen molar-refractivity contribution < 1.29 is 14.0 Å². The number of nitriles is 2. The van der Waals surface area contributed by atoms with Crippen LogP contribution in [0.3, 0.4) is 0 Å². The van der Waals surface area contributed by atoms with Gasteiger partial charge in [-0.25, -0.2) is 4.39 Å². The van der Waals surface area contributed by atoms with Gasteiger partial charge in [-0.3, -0.25) is 9.59 Å². The fourth-order valence-corrected chi connectivity index (χ4v) is 2.80. The van der Waals surface area contributed by atoms with Crippen molar-refractivity contribution >= 4 is 23.2 Å². The summed E-state index contributed by atoms with van der Waals surface area (Å²) in [5.41, 5.74) is 0.969. The summed E-state index contributed by atoms with van der Waals surface area (Å²) >= 11 is 0. The Labute approximate surface area is 174 Å². The molecule has 0 fully saturated rings. The number of hydrogen-bond donors (Lipinski definition) is 2. The summed E-state index contributed by atoms with van der Waals surface area (Å²) in [6, 6.07) is 17.1. The fourth-order valence-electron chi connectivity index (χ4n) is 2.80. The zero-order chi connectivity index (χ0) is 21.8. The summed E-state index contributed by atoms with van der Waals surface area (Å²) in [5.74, 6) is -1.13. The van der Waals surface area contributed by atoms with Crippen molar-refractivity contribution in [1.29, 1.82) is 10.5 Å². The maximum atomic E-state index is 13.5. The molecule has 2 rings (SSSR count). The summed E-state index contributed by atoms with van der Waals surface area (Å²) < 4.78 is 13.5. The summed E-state index contributed by atoms with van der Waals surface area (Å²) in [4.78, 5) is 26.1. The van der Waals surface area contributed by atoms with Crippen molar-refractivity contribution in [3.8, 4) is 12.1 Å². The van der Waals surface area contributed by atoms with Gasteiger partial charge in [-0.15, -0.1) is 0 Å². The van der Waals surface area contributed by atoms with Crippen LogP contribution in [-0.2, 0) is 9.59 Å². The number of nitrogens with zero attached hydrogens (tertiary/aromatic N) is 3. The molecule has 7 nitrogen and oxygen atoms in total. The first-order chi connectivity index (χ1) is 14.6. The first-order valence-electron chi connectivity index (χ1n) is 9.48. The first kappa shape index (κ1) is 22.4. The summed E-state index contributed by atoms with van der Waals surface area (Å²) in [6.45, 7) is 0.821. The Morgan fingerprint density at radius 3 is 2.47 bits per heavy atom. The molecule has 0 atom stereocenters. The third-order valence-corrected chi connectivity index (χ3v) is 4.27. The average Bonchev–Trinajstić information content (AvgIpc) is 2.76. The molecule has 0 unspecified atom stereocenters. The van der Waals surface area contributed by atoms with Crippen LogP contribution in [0.15, 0.2) is 48.5 Å². The number of halogens is 1. The van der Waals surface area contributed by atoms with Crippen molar-refractivity contribution in [2.75, 3.05) is 29.9 Å². The lowest BCUT2D eigenvalue weighted by atomic mass is 10.2. The Kier molecular flexibility index (Phi) is 8.82. The van der Waals surface area contributed by atoms with Gasteiger partial charge in [0.2, 0.25) is 11.8 Å². The van der Waals surface area contributed by atoms with Crippen molar-refractivity contribution in [3.63, 3.8) is 0 Å². The molecule has 154 valence electrons.